The molecule has 3 fully saturated rings. The van der Waals surface area contributed by atoms with Gasteiger partial charge in [0.05, 0.1) is 18.9 Å². The number of rotatable bonds is 2. The van der Waals surface area contributed by atoms with Crippen LogP contribution in [0.2, 0.25) is 0 Å². The molecule has 1 saturated heterocycles. The van der Waals surface area contributed by atoms with Crippen LogP contribution in [-0.2, 0) is 26.2 Å². The molecule has 2 bridgehead atoms. The largest absolute Gasteiger partial charge is 0.497 e. The van der Waals surface area contributed by atoms with E-state index in [1.165, 1.54) is 11.1 Å². The van der Waals surface area contributed by atoms with Crippen molar-refractivity contribution < 1.29 is 19.1 Å². The molecular weight excluding hydrogens is 412 g/mol. The standard InChI is InChI=1S/C29H28O4/c1-27-13-12-21-20-10-9-19(32-2)16-17(20)8-11-22(21)29(27)15-14-28(27,18-6-4-3-5-7-18)23-24(29)26(31)33-25(23)30/h3-7,9-10,14-16,21-24H,8,11-13H2,1-2H3/t21-,22-,23+,24-,27-,28+,29-/m1/s1. The summed E-state index contributed by atoms with van der Waals surface area (Å²) < 4.78 is 10.9. The Morgan fingerprint density at radius 3 is 2.55 bits per heavy atom. The van der Waals surface area contributed by atoms with E-state index in [9.17, 15) is 9.59 Å². The Bertz CT molecular complexity index is 1230. The highest BCUT2D eigenvalue weighted by molar-refractivity contribution is 6.00. The smallest absolute Gasteiger partial charge is 0.318 e. The quantitative estimate of drug-likeness (QED) is 0.376. The van der Waals surface area contributed by atoms with Gasteiger partial charge in [-0.15, -0.1) is 0 Å². The number of esters is 2. The molecule has 4 nitrogen and oxygen atoms in total. The number of benzene rings is 2. The number of hydrogen-bond acceptors (Lipinski definition) is 4. The zero-order valence-electron chi connectivity index (χ0n) is 19.0. The third kappa shape index (κ3) is 1.98. The summed E-state index contributed by atoms with van der Waals surface area (Å²) in [5.74, 6) is 0.135. The molecular formula is C29H28O4. The minimum Gasteiger partial charge on any atom is -0.497 e. The van der Waals surface area contributed by atoms with Crippen molar-refractivity contribution in [3.63, 3.8) is 0 Å². The topological polar surface area (TPSA) is 52.6 Å². The van der Waals surface area contributed by atoms with E-state index in [-0.39, 0.29) is 22.8 Å². The van der Waals surface area contributed by atoms with E-state index >= 15 is 0 Å². The van der Waals surface area contributed by atoms with Gasteiger partial charge in [0.2, 0.25) is 0 Å². The summed E-state index contributed by atoms with van der Waals surface area (Å²) in [4.78, 5) is 26.6. The zero-order chi connectivity index (χ0) is 22.6. The van der Waals surface area contributed by atoms with Gasteiger partial charge < -0.3 is 9.47 Å². The van der Waals surface area contributed by atoms with Crippen molar-refractivity contribution in [2.45, 2.75) is 43.9 Å². The lowest BCUT2D eigenvalue weighted by Crippen LogP contribution is -2.54. The van der Waals surface area contributed by atoms with Gasteiger partial charge in [0.15, 0.2) is 0 Å². The number of aryl methyl sites for hydroxylation is 1. The van der Waals surface area contributed by atoms with Gasteiger partial charge in [-0.1, -0.05) is 55.5 Å². The first-order valence-electron chi connectivity index (χ1n) is 12.2. The minimum absolute atomic E-state index is 0.197. The summed E-state index contributed by atoms with van der Waals surface area (Å²) in [5, 5.41) is 0. The summed E-state index contributed by atoms with van der Waals surface area (Å²) >= 11 is 0. The first-order valence-corrected chi connectivity index (χ1v) is 12.2. The Morgan fingerprint density at radius 1 is 0.970 bits per heavy atom. The third-order valence-electron chi connectivity index (χ3n) is 10.3. The fourth-order valence-electron chi connectivity index (χ4n) is 9.19. The number of methoxy groups -OCH3 is 1. The van der Waals surface area contributed by atoms with Gasteiger partial charge >= 0.3 is 11.9 Å². The second kappa shape index (κ2) is 6.16. The molecule has 7 atom stereocenters. The predicted octanol–water partition coefficient (Wildman–Crippen LogP) is 4.96. The zero-order valence-corrected chi connectivity index (χ0v) is 19.0. The summed E-state index contributed by atoms with van der Waals surface area (Å²) in [6.45, 7) is 2.36. The molecule has 0 spiro atoms. The Labute approximate surface area is 194 Å². The molecule has 2 aromatic carbocycles. The van der Waals surface area contributed by atoms with Crippen molar-refractivity contribution in [3.8, 4) is 5.75 Å². The van der Waals surface area contributed by atoms with Gasteiger partial charge in [0, 0.05) is 10.8 Å². The van der Waals surface area contributed by atoms with Crippen LogP contribution in [0.15, 0.2) is 60.7 Å². The van der Waals surface area contributed by atoms with Crippen molar-refractivity contribution >= 4 is 11.9 Å². The molecule has 7 rings (SSSR count). The highest BCUT2D eigenvalue weighted by Crippen LogP contribution is 2.82. The number of allylic oxidation sites excluding steroid dienone is 2. The molecule has 4 heteroatoms. The molecule has 168 valence electrons. The van der Waals surface area contributed by atoms with Gasteiger partial charge in [-0.05, 0) is 71.8 Å². The van der Waals surface area contributed by atoms with E-state index < -0.39 is 17.3 Å². The van der Waals surface area contributed by atoms with Crippen LogP contribution >= 0.6 is 0 Å². The molecule has 0 amide bonds. The number of ether oxygens (including phenoxy) is 2. The summed E-state index contributed by atoms with van der Waals surface area (Å²) in [7, 11) is 1.71. The summed E-state index contributed by atoms with van der Waals surface area (Å²) in [6.07, 6.45) is 8.69. The van der Waals surface area contributed by atoms with Crippen molar-refractivity contribution in [2.24, 2.45) is 28.6 Å². The second-order valence-corrected chi connectivity index (χ2v) is 10.9. The molecule has 4 aliphatic carbocycles. The minimum atomic E-state index is -0.493. The van der Waals surface area contributed by atoms with E-state index in [0.29, 0.717) is 11.8 Å². The molecule has 5 aliphatic rings. The summed E-state index contributed by atoms with van der Waals surface area (Å²) in [6, 6.07) is 16.9. The van der Waals surface area contributed by atoms with Crippen LogP contribution in [0.1, 0.15) is 48.8 Å². The molecule has 1 heterocycles. The van der Waals surface area contributed by atoms with Crippen molar-refractivity contribution in [1.29, 1.82) is 0 Å². The maximum absolute atomic E-state index is 13.3. The number of hydrogen-bond donors (Lipinski definition) is 0. The lowest BCUT2D eigenvalue weighted by molar-refractivity contribution is -0.159. The van der Waals surface area contributed by atoms with Crippen LogP contribution < -0.4 is 4.74 Å². The Morgan fingerprint density at radius 2 is 1.76 bits per heavy atom. The molecule has 2 aromatic rings. The van der Waals surface area contributed by atoms with E-state index in [4.69, 9.17) is 9.47 Å². The average molecular weight is 441 g/mol. The number of carbonyl (C=O) groups is 2. The first kappa shape index (κ1) is 19.6. The maximum Gasteiger partial charge on any atom is 0.318 e. The Hall–Kier alpha value is -2.88. The molecule has 0 radical (unpaired) electrons. The highest BCUT2D eigenvalue weighted by atomic mass is 16.6. The lowest BCUT2D eigenvalue weighted by atomic mass is 9.45. The van der Waals surface area contributed by atoms with Gasteiger partial charge in [-0.25, -0.2) is 0 Å². The van der Waals surface area contributed by atoms with Crippen molar-refractivity contribution in [2.75, 3.05) is 7.11 Å². The van der Waals surface area contributed by atoms with Crippen LogP contribution in [0.4, 0.5) is 0 Å². The average Bonchev–Trinajstić information content (AvgIpc) is 3.38. The maximum atomic E-state index is 13.3. The predicted molar refractivity (Wildman–Crippen MR) is 123 cm³/mol. The first-order chi connectivity index (χ1) is 16.0. The van der Waals surface area contributed by atoms with Crippen LogP contribution in [0.3, 0.4) is 0 Å². The fourth-order valence-corrected chi connectivity index (χ4v) is 9.19. The fraction of sp³-hybridized carbons (Fsp3) is 0.448. The van der Waals surface area contributed by atoms with Crippen molar-refractivity contribution in [1.82, 2.24) is 0 Å². The van der Waals surface area contributed by atoms with Crippen LogP contribution in [0.25, 0.3) is 0 Å². The van der Waals surface area contributed by atoms with Crippen molar-refractivity contribution in [3.05, 3.63) is 77.4 Å². The summed E-state index contributed by atoms with van der Waals surface area (Å²) in [5.41, 5.74) is 2.85. The molecule has 0 aromatic heterocycles. The number of cyclic esters (lactones) is 2. The van der Waals surface area contributed by atoms with Gasteiger partial charge in [0.1, 0.15) is 5.75 Å². The SMILES string of the molecule is COc1ccc2c(c1)CC[C@@H]1[C@@H]2CC[C@@]2(C)[C@]13C=C[C@]2(c1ccccc1)[C@@H]1C(=O)OC(=O)[C@@H]13. The Balaban J connectivity index is 1.45. The molecule has 33 heavy (non-hydrogen) atoms. The highest BCUT2D eigenvalue weighted by Gasteiger charge is 2.83. The normalized spacial score (nSPS) is 41.8. The van der Waals surface area contributed by atoms with Crippen LogP contribution in [0.5, 0.6) is 5.75 Å². The van der Waals surface area contributed by atoms with E-state index in [1.54, 1.807) is 7.11 Å². The molecule has 0 N–H and O–H groups in total. The monoisotopic (exact) mass is 440 g/mol. The van der Waals surface area contributed by atoms with E-state index in [1.807, 2.05) is 18.2 Å². The number of carbonyl (C=O) groups excluding carboxylic acids is 2. The van der Waals surface area contributed by atoms with Crippen LogP contribution in [0, 0.1) is 28.6 Å². The van der Waals surface area contributed by atoms with Gasteiger partial charge in [0.25, 0.3) is 0 Å². The lowest BCUT2D eigenvalue weighted by Gasteiger charge is -2.58. The van der Waals surface area contributed by atoms with Crippen LogP contribution in [-0.4, -0.2) is 19.0 Å². The van der Waals surface area contributed by atoms with E-state index in [2.05, 4.69) is 49.4 Å². The van der Waals surface area contributed by atoms with Gasteiger partial charge in [-0.2, -0.15) is 0 Å². The van der Waals surface area contributed by atoms with Gasteiger partial charge in [-0.3, -0.25) is 9.59 Å². The third-order valence-corrected chi connectivity index (χ3v) is 10.3. The molecule has 1 aliphatic heterocycles. The molecule has 0 unspecified atom stereocenters. The Kier molecular flexibility index (Phi) is 3.66. The second-order valence-electron chi connectivity index (χ2n) is 10.9. The van der Waals surface area contributed by atoms with E-state index in [0.717, 1.165) is 37.0 Å². The molecule has 2 saturated carbocycles. The number of fused-ring (bicyclic) bond motifs is 5.